The SMILES string of the molecule is CCNC(=NCC[C@@H]1CCCO1)NCCn1cccc1. The lowest BCUT2D eigenvalue weighted by Gasteiger charge is -2.12. The highest BCUT2D eigenvalue weighted by Gasteiger charge is 2.14. The van der Waals surface area contributed by atoms with Crippen molar-refractivity contribution in [2.75, 3.05) is 26.2 Å². The van der Waals surface area contributed by atoms with Crippen LogP contribution < -0.4 is 10.6 Å². The summed E-state index contributed by atoms with van der Waals surface area (Å²) in [6.07, 6.45) is 7.97. The van der Waals surface area contributed by atoms with Crippen LogP contribution in [0.4, 0.5) is 0 Å². The number of ether oxygens (including phenoxy) is 1. The maximum atomic E-state index is 5.61. The Morgan fingerprint density at radius 1 is 1.35 bits per heavy atom. The van der Waals surface area contributed by atoms with Gasteiger partial charge in [0.1, 0.15) is 0 Å². The Balaban J connectivity index is 1.67. The molecule has 0 saturated carbocycles. The maximum absolute atomic E-state index is 5.61. The summed E-state index contributed by atoms with van der Waals surface area (Å²) in [6, 6.07) is 4.09. The largest absolute Gasteiger partial charge is 0.378 e. The molecule has 0 spiro atoms. The van der Waals surface area contributed by atoms with Gasteiger partial charge in [-0.3, -0.25) is 4.99 Å². The van der Waals surface area contributed by atoms with Crippen LogP contribution in [0.25, 0.3) is 0 Å². The van der Waals surface area contributed by atoms with E-state index in [0.717, 1.165) is 45.2 Å². The molecule has 2 heterocycles. The molecular formula is C15H26N4O. The summed E-state index contributed by atoms with van der Waals surface area (Å²) in [7, 11) is 0. The van der Waals surface area contributed by atoms with Crippen molar-refractivity contribution >= 4 is 5.96 Å². The first kappa shape index (κ1) is 14.9. The summed E-state index contributed by atoms with van der Waals surface area (Å²) in [4.78, 5) is 4.60. The van der Waals surface area contributed by atoms with Crippen molar-refractivity contribution in [2.45, 2.75) is 38.8 Å². The highest BCUT2D eigenvalue weighted by Crippen LogP contribution is 2.14. The fraction of sp³-hybridized carbons (Fsp3) is 0.667. The standard InChI is InChI=1S/C15H26N4O/c1-2-16-15(17-8-7-14-6-5-13-20-14)18-9-12-19-10-3-4-11-19/h3-4,10-11,14H,2,5-9,12-13H2,1H3,(H2,16,17,18)/t14-/m0/s1. The number of rotatable bonds is 7. The van der Waals surface area contributed by atoms with Gasteiger partial charge in [-0.2, -0.15) is 0 Å². The summed E-state index contributed by atoms with van der Waals surface area (Å²) in [5, 5.41) is 6.64. The van der Waals surface area contributed by atoms with Crippen LogP contribution in [0.2, 0.25) is 0 Å². The second-order valence-electron chi connectivity index (χ2n) is 5.03. The van der Waals surface area contributed by atoms with Crippen LogP contribution in [-0.2, 0) is 11.3 Å². The van der Waals surface area contributed by atoms with Crippen molar-refractivity contribution in [2.24, 2.45) is 4.99 Å². The molecule has 1 fully saturated rings. The minimum atomic E-state index is 0.418. The van der Waals surface area contributed by atoms with Crippen LogP contribution in [-0.4, -0.2) is 42.9 Å². The molecule has 2 rings (SSSR count). The summed E-state index contributed by atoms with van der Waals surface area (Å²) in [6.45, 7) is 6.54. The van der Waals surface area contributed by atoms with E-state index in [9.17, 15) is 0 Å². The van der Waals surface area contributed by atoms with Crippen LogP contribution >= 0.6 is 0 Å². The third-order valence-corrected chi connectivity index (χ3v) is 3.42. The Bertz CT molecular complexity index is 383. The third kappa shape index (κ3) is 5.25. The van der Waals surface area contributed by atoms with Gasteiger partial charge in [-0.15, -0.1) is 0 Å². The highest BCUT2D eigenvalue weighted by atomic mass is 16.5. The first-order valence-electron chi connectivity index (χ1n) is 7.63. The minimum Gasteiger partial charge on any atom is -0.378 e. The molecule has 5 nitrogen and oxygen atoms in total. The van der Waals surface area contributed by atoms with Gasteiger partial charge in [-0.05, 0) is 38.3 Å². The van der Waals surface area contributed by atoms with Crippen LogP contribution in [0, 0.1) is 0 Å². The van der Waals surface area contributed by atoms with Gasteiger partial charge in [0, 0.05) is 45.2 Å². The molecule has 0 radical (unpaired) electrons. The lowest BCUT2D eigenvalue weighted by Crippen LogP contribution is -2.39. The van der Waals surface area contributed by atoms with E-state index in [1.165, 1.54) is 12.8 Å². The lowest BCUT2D eigenvalue weighted by molar-refractivity contribution is 0.106. The minimum absolute atomic E-state index is 0.418. The summed E-state index contributed by atoms with van der Waals surface area (Å²) in [5.41, 5.74) is 0. The average molecular weight is 278 g/mol. The van der Waals surface area contributed by atoms with E-state index in [-0.39, 0.29) is 0 Å². The molecule has 0 amide bonds. The van der Waals surface area contributed by atoms with Gasteiger partial charge >= 0.3 is 0 Å². The fourth-order valence-electron chi connectivity index (χ4n) is 2.36. The Labute approximate surface area is 121 Å². The number of nitrogens with one attached hydrogen (secondary N) is 2. The van der Waals surface area contributed by atoms with E-state index >= 15 is 0 Å². The Morgan fingerprint density at radius 2 is 2.20 bits per heavy atom. The molecule has 0 aromatic carbocycles. The predicted molar refractivity (Wildman–Crippen MR) is 82.0 cm³/mol. The van der Waals surface area contributed by atoms with E-state index in [2.05, 4.69) is 39.5 Å². The van der Waals surface area contributed by atoms with Gasteiger partial charge < -0.3 is 19.9 Å². The Kier molecular flexibility index (Phi) is 6.44. The topological polar surface area (TPSA) is 50.6 Å². The second kappa shape index (κ2) is 8.64. The molecule has 0 aliphatic carbocycles. The molecule has 1 aromatic heterocycles. The zero-order valence-electron chi connectivity index (χ0n) is 12.3. The van der Waals surface area contributed by atoms with E-state index in [1.807, 2.05) is 12.1 Å². The van der Waals surface area contributed by atoms with Crippen molar-refractivity contribution in [1.82, 2.24) is 15.2 Å². The number of guanidine groups is 1. The zero-order chi connectivity index (χ0) is 14.0. The van der Waals surface area contributed by atoms with Crippen LogP contribution in [0.5, 0.6) is 0 Å². The van der Waals surface area contributed by atoms with E-state index < -0.39 is 0 Å². The molecule has 2 N–H and O–H groups in total. The van der Waals surface area contributed by atoms with Crippen molar-refractivity contribution in [3.63, 3.8) is 0 Å². The molecule has 0 unspecified atom stereocenters. The van der Waals surface area contributed by atoms with Crippen LogP contribution in [0.15, 0.2) is 29.5 Å². The van der Waals surface area contributed by atoms with Gasteiger partial charge in [0.25, 0.3) is 0 Å². The molecule has 1 aliphatic heterocycles. The quantitative estimate of drug-likeness (QED) is 0.588. The molecular weight excluding hydrogens is 252 g/mol. The number of nitrogens with zero attached hydrogens (tertiary/aromatic N) is 2. The first-order valence-corrected chi connectivity index (χ1v) is 7.63. The molecule has 20 heavy (non-hydrogen) atoms. The summed E-state index contributed by atoms with van der Waals surface area (Å²) in [5.74, 6) is 0.901. The van der Waals surface area contributed by atoms with Gasteiger partial charge in [0.05, 0.1) is 6.10 Å². The molecule has 5 heteroatoms. The van der Waals surface area contributed by atoms with Crippen molar-refractivity contribution < 1.29 is 4.74 Å². The zero-order valence-corrected chi connectivity index (χ0v) is 12.3. The smallest absolute Gasteiger partial charge is 0.191 e. The lowest BCUT2D eigenvalue weighted by atomic mass is 10.2. The summed E-state index contributed by atoms with van der Waals surface area (Å²) >= 11 is 0. The predicted octanol–water partition coefficient (Wildman–Crippen LogP) is 1.61. The molecule has 1 aliphatic rings. The molecule has 1 saturated heterocycles. The summed E-state index contributed by atoms with van der Waals surface area (Å²) < 4.78 is 7.77. The van der Waals surface area contributed by atoms with E-state index in [1.54, 1.807) is 0 Å². The Morgan fingerprint density at radius 3 is 2.90 bits per heavy atom. The van der Waals surface area contributed by atoms with Crippen LogP contribution in [0.3, 0.4) is 0 Å². The number of aromatic nitrogens is 1. The normalized spacial score (nSPS) is 19.2. The van der Waals surface area contributed by atoms with Crippen molar-refractivity contribution in [1.29, 1.82) is 0 Å². The number of aliphatic imine (C=N–C) groups is 1. The average Bonchev–Trinajstić information content (AvgIpc) is 3.11. The second-order valence-corrected chi connectivity index (χ2v) is 5.03. The molecule has 1 atom stereocenters. The van der Waals surface area contributed by atoms with E-state index in [4.69, 9.17) is 4.74 Å². The van der Waals surface area contributed by atoms with Gasteiger partial charge in [0.2, 0.25) is 0 Å². The fourth-order valence-corrected chi connectivity index (χ4v) is 2.36. The van der Waals surface area contributed by atoms with Gasteiger partial charge in [0.15, 0.2) is 5.96 Å². The first-order chi connectivity index (χ1) is 9.88. The van der Waals surface area contributed by atoms with Crippen molar-refractivity contribution in [3.8, 4) is 0 Å². The maximum Gasteiger partial charge on any atom is 0.191 e. The molecule has 0 bridgehead atoms. The van der Waals surface area contributed by atoms with E-state index in [0.29, 0.717) is 6.10 Å². The van der Waals surface area contributed by atoms with Gasteiger partial charge in [-0.1, -0.05) is 0 Å². The third-order valence-electron chi connectivity index (χ3n) is 3.42. The molecule has 1 aromatic rings. The number of hydrogen-bond acceptors (Lipinski definition) is 2. The highest BCUT2D eigenvalue weighted by molar-refractivity contribution is 5.79. The van der Waals surface area contributed by atoms with Crippen molar-refractivity contribution in [3.05, 3.63) is 24.5 Å². The molecule has 112 valence electrons. The number of hydrogen-bond donors (Lipinski definition) is 2. The van der Waals surface area contributed by atoms with Gasteiger partial charge in [-0.25, -0.2) is 0 Å². The monoisotopic (exact) mass is 278 g/mol. The van der Waals surface area contributed by atoms with Crippen LogP contribution in [0.1, 0.15) is 26.2 Å². The Hall–Kier alpha value is -1.49.